The highest BCUT2D eigenvalue weighted by molar-refractivity contribution is 6.05. The van der Waals surface area contributed by atoms with Crippen LogP contribution in [0.5, 0.6) is 0 Å². The van der Waals surface area contributed by atoms with Crippen LogP contribution >= 0.6 is 0 Å². The Morgan fingerprint density at radius 2 is 2.06 bits per heavy atom. The molecule has 0 unspecified atom stereocenters. The van der Waals surface area contributed by atoms with Gasteiger partial charge in [-0.1, -0.05) is 26.0 Å². The third kappa shape index (κ3) is 3.81. The van der Waals surface area contributed by atoms with Crippen molar-refractivity contribution >= 4 is 23.2 Å². The van der Waals surface area contributed by atoms with Gasteiger partial charge in [-0.05, 0) is 48.9 Å². The standard InChI is InChI=1S/C25H29N3O4/c1-25(2)13-18-22(20(29)14-25)23(21-10-6-12-32-21)28(19-9-4-3-8-17(19)27-18)24(30)26-15-16-7-5-11-31-16/h3-4,6,8-10,12,16,23,27H,5,7,11,13-15H2,1-2H3,(H,26,30)/t16-,23-/m0/s1. The topological polar surface area (TPSA) is 83.8 Å². The fourth-order valence-corrected chi connectivity index (χ4v) is 5.02. The van der Waals surface area contributed by atoms with E-state index in [0.29, 0.717) is 36.4 Å². The van der Waals surface area contributed by atoms with Crippen molar-refractivity contribution < 1.29 is 18.7 Å². The molecule has 0 radical (unpaired) electrons. The molecule has 7 nitrogen and oxygen atoms in total. The Balaban J connectivity index is 1.61. The third-order valence-corrected chi connectivity index (χ3v) is 6.44. The van der Waals surface area contributed by atoms with Crippen molar-refractivity contribution in [2.45, 2.75) is 51.7 Å². The van der Waals surface area contributed by atoms with Crippen molar-refractivity contribution in [2.24, 2.45) is 5.41 Å². The van der Waals surface area contributed by atoms with Gasteiger partial charge in [-0.3, -0.25) is 9.69 Å². The molecular weight excluding hydrogens is 406 g/mol. The second kappa shape index (κ2) is 8.13. The van der Waals surface area contributed by atoms with Gasteiger partial charge >= 0.3 is 6.03 Å². The molecule has 1 aliphatic carbocycles. The molecule has 0 bridgehead atoms. The Labute approximate surface area is 187 Å². The number of ether oxygens (including phenoxy) is 1. The molecule has 2 amide bonds. The molecule has 7 heteroatoms. The number of furan rings is 1. The quantitative estimate of drug-likeness (QED) is 0.725. The number of fused-ring (bicyclic) bond motifs is 1. The lowest BCUT2D eigenvalue weighted by atomic mass is 9.74. The maximum atomic E-state index is 13.6. The molecule has 0 spiro atoms. The summed E-state index contributed by atoms with van der Waals surface area (Å²) in [6, 6.07) is 10.4. The lowest BCUT2D eigenvalue weighted by Crippen LogP contribution is -2.46. The number of hydrogen-bond donors (Lipinski definition) is 2. The van der Waals surface area contributed by atoms with E-state index in [1.165, 1.54) is 0 Å². The molecule has 3 aliphatic rings. The summed E-state index contributed by atoms with van der Waals surface area (Å²) in [5.41, 5.74) is 2.80. The number of hydrogen-bond acceptors (Lipinski definition) is 5. The Hall–Kier alpha value is -3.06. The number of allylic oxidation sites excluding steroid dienone is 1. The normalized spacial score (nSPS) is 24.4. The zero-order valence-electron chi connectivity index (χ0n) is 18.5. The number of para-hydroxylation sites is 2. The SMILES string of the molecule is CC1(C)CC(=O)C2=C(C1)Nc1ccccc1N(C(=O)NC[C@@H]1CCCO1)[C@H]2c1ccco1. The summed E-state index contributed by atoms with van der Waals surface area (Å²) in [6.45, 7) is 5.36. The van der Waals surface area contributed by atoms with Gasteiger partial charge in [-0.2, -0.15) is 0 Å². The highest BCUT2D eigenvalue weighted by Gasteiger charge is 2.44. The van der Waals surface area contributed by atoms with E-state index in [-0.39, 0.29) is 23.3 Å². The summed E-state index contributed by atoms with van der Waals surface area (Å²) < 4.78 is 11.5. The van der Waals surface area contributed by atoms with E-state index in [9.17, 15) is 9.59 Å². The molecule has 2 aromatic rings. The summed E-state index contributed by atoms with van der Waals surface area (Å²) >= 11 is 0. The molecule has 1 fully saturated rings. The first kappa shape index (κ1) is 20.8. The Kier molecular flexibility index (Phi) is 5.29. The molecule has 1 aromatic carbocycles. The lowest BCUT2D eigenvalue weighted by molar-refractivity contribution is -0.118. The van der Waals surface area contributed by atoms with Crippen molar-refractivity contribution in [3.8, 4) is 0 Å². The van der Waals surface area contributed by atoms with Gasteiger partial charge < -0.3 is 19.8 Å². The van der Waals surface area contributed by atoms with Gasteiger partial charge in [0.15, 0.2) is 5.78 Å². The number of Topliss-reactive ketones (excluding diaryl/α,β-unsaturated/α-hetero) is 1. The van der Waals surface area contributed by atoms with E-state index < -0.39 is 6.04 Å². The number of nitrogens with one attached hydrogen (secondary N) is 2. The maximum absolute atomic E-state index is 13.6. The molecule has 168 valence electrons. The number of anilines is 2. The molecule has 1 aromatic heterocycles. The van der Waals surface area contributed by atoms with E-state index in [4.69, 9.17) is 9.15 Å². The minimum atomic E-state index is -0.649. The first-order valence-electron chi connectivity index (χ1n) is 11.3. The number of amides is 2. The number of nitrogens with zero attached hydrogens (tertiary/aromatic N) is 1. The molecule has 32 heavy (non-hydrogen) atoms. The number of carbonyl (C=O) groups excluding carboxylic acids is 2. The largest absolute Gasteiger partial charge is 0.467 e. The summed E-state index contributed by atoms with van der Waals surface area (Å²) in [7, 11) is 0. The van der Waals surface area contributed by atoms with Crippen LogP contribution in [0.25, 0.3) is 0 Å². The Morgan fingerprint density at radius 1 is 1.22 bits per heavy atom. The first-order chi connectivity index (χ1) is 15.4. The lowest BCUT2D eigenvalue weighted by Gasteiger charge is -2.36. The molecule has 2 aliphatic heterocycles. The van der Waals surface area contributed by atoms with E-state index in [1.54, 1.807) is 17.2 Å². The van der Waals surface area contributed by atoms with Crippen LogP contribution in [0, 0.1) is 5.41 Å². The smallest absolute Gasteiger partial charge is 0.323 e. The molecule has 0 saturated carbocycles. The monoisotopic (exact) mass is 435 g/mol. The van der Waals surface area contributed by atoms with Crippen molar-refractivity contribution in [1.82, 2.24) is 5.32 Å². The zero-order chi connectivity index (χ0) is 22.3. The summed E-state index contributed by atoms with van der Waals surface area (Å²) in [5, 5.41) is 6.53. The second-order valence-electron chi connectivity index (χ2n) is 9.58. The van der Waals surface area contributed by atoms with Crippen molar-refractivity contribution in [3.05, 3.63) is 59.7 Å². The predicted molar refractivity (Wildman–Crippen MR) is 121 cm³/mol. The minimum absolute atomic E-state index is 0.0215. The highest BCUT2D eigenvalue weighted by Crippen LogP contribution is 2.48. The van der Waals surface area contributed by atoms with Gasteiger partial charge in [0.05, 0.1) is 23.7 Å². The van der Waals surface area contributed by atoms with Crippen LogP contribution in [0.3, 0.4) is 0 Å². The van der Waals surface area contributed by atoms with Gasteiger partial charge in [0.25, 0.3) is 0 Å². The molecular formula is C25H29N3O4. The number of rotatable bonds is 3. The summed E-state index contributed by atoms with van der Waals surface area (Å²) in [4.78, 5) is 28.8. The van der Waals surface area contributed by atoms with Crippen LogP contribution in [0.2, 0.25) is 0 Å². The molecule has 2 atom stereocenters. The van der Waals surface area contributed by atoms with Crippen molar-refractivity contribution in [3.63, 3.8) is 0 Å². The average Bonchev–Trinajstić information content (AvgIpc) is 3.43. The van der Waals surface area contributed by atoms with Crippen LogP contribution in [-0.2, 0) is 9.53 Å². The van der Waals surface area contributed by atoms with Gasteiger partial charge in [-0.15, -0.1) is 0 Å². The Bertz CT molecular complexity index is 1050. The van der Waals surface area contributed by atoms with Gasteiger partial charge in [0.2, 0.25) is 0 Å². The second-order valence-corrected chi connectivity index (χ2v) is 9.58. The number of urea groups is 1. The van der Waals surface area contributed by atoms with E-state index >= 15 is 0 Å². The van der Waals surface area contributed by atoms with Crippen LogP contribution in [0.1, 0.15) is 51.3 Å². The minimum Gasteiger partial charge on any atom is -0.467 e. The number of ketones is 1. The van der Waals surface area contributed by atoms with E-state index in [0.717, 1.165) is 30.8 Å². The predicted octanol–water partition coefficient (Wildman–Crippen LogP) is 4.78. The third-order valence-electron chi connectivity index (χ3n) is 6.44. The van der Waals surface area contributed by atoms with Crippen molar-refractivity contribution in [1.29, 1.82) is 0 Å². The van der Waals surface area contributed by atoms with E-state index in [2.05, 4.69) is 24.5 Å². The van der Waals surface area contributed by atoms with Crippen LogP contribution < -0.4 is 15.5 Å². The van der Waals surface area contributed by atoms with Crippen molar-refractivity contribution in [2.75, 3.05) is 23.4 Å². The molecule has 1 saturated heterocycles. The zero-order valence-corrected chi connectivity index (χ0v) is 18.5. The number of carbonyl (C=O) groups is 2. The molecule has 2 N–H and O–H groups in total. The van der Waals surface area contributed by atoms with Crippen LogP contribution in [0.15, 0.2) is 58.3 Å². The first-order valence-corrected chi connectivity index (χ1v) is 11.3. The fraction of sp³-hybridized carbons (Fsp3) is 0.440. The van der Waals surface area contributed by atoms with E-state index in [1.807, 2.05) is 30.3 Å². The highest BCUT2D eigenvalue weighted by atomic mass is 16.5. The molecule has 5 rings (SSSR count). The summed E-state index contributed by atoms with van der Waals surface area (Å²) in [6.07, 6.45) is 4.68. The molecule has 3 heterocycles. The number of benzene rings is 1. The van der Waals surface area contributed by atoms with Gasteiger partial charge in [-0.25, -0.2) is 4.79 Å². The Morgan fingerprint density at radius 3 is 2.81 bits per heavy atom. The maximum Gasteiger partial charge on any atom is 0.323 e. The van der Waals surface area contributed by atoms with Crippen LogP contribution in [-0.4, -0.2) is 31.1 Å². The summed E-state index contributed by atoms with van der Waals surface area (Å²) in [5.74, 6) is 0.603. The van der Waals surface area contributed by atoms with Crippen LogP contribution in [0.4, 0.5) is 16.2 Å². The van der Waals surface area contributed by atoms with Gasteiger partial charge in [0.1, 0.15) is 11.8 Å². The average molecular weight is 436 g/mol. The fourth-order valence-electron chi connectivity index (χ4n) is 5.02. The van der Waals surface area contributed by atoms with Gasteiger partial charge in [0, 0.05) is 30.8 Å².